The zero-order chi connectivity index (χ0) is 45.6. The molecular formula is C54H104NO7+. The number of likely N-dealkylation sites (N-methyl/N-ethyl adjacent to an activating group) is 1. The van der Waals surface area contributed by atoms with Crippen LogP contribution in [0.3, 0.4) is 0 Å². The minimum absolute atomic E-state index is 0.0476. The maximum Gasteiger partial charge on any atom is 0.362 e. The van der Waals surface area contributed by atoms with Crippen LogP contribution in [0.1, 0.15) is 264 Å². The first-order valence-corrected chi connectivity index (χ1v) is 26.7. The summed E-state index contributed by atoms with van der Waals surface area (Å²) < 4.78 is 17.4. The predicted octanol–water partition coefficient (Wildman–Crippen LogP) is 15.4. The van der Waals surface area contributed by atoms with E-state index in [-0.39, 0.29) is 36.2 Å². The highest BCUT2D eigenvalue weighted by Gasteiger charge is 2.31. The van der Waals surface area contributed by atoms with Gasteiger partial charge in [-0.25, -0.2) is 4.79 Å². The highest BCUT2D eigenvalue weighted by atomic mass is 16.6. The second kappa shape index (κ2) is 45.6. The summed E-state index contributed by atoms with van der Waals surface area (Å²) in [7, 11) is 5.54. The van der Waals surface area contributed by atoms with E-state index in [0.29, 0.717) is 19.3 Å². The van der Waals surface area contributed by atoms with Gasteiger partial charge in [0.1, 0.15) is 6.61 Å². The zero-order valence-electron chi connectivity index (χ0n) is 41.9. The Balaban J connectivity index is 4.16. The number of carbonyl (C=O) groups is 3. The molecule has 0 saturated heterocycles. The van der Waals surface area contributed by atoms with E-state index < -0.39 is 18.1 Å². The number of hydrogen-bond donors (Lipinski definition) is 1. The third-order valence-corrected chi connectivity index (χ3v) is 12.4. The molecule has 8 heteroatoms. The number of quaternary nitrogens is 1. The molecule has 0 aromatic carbocycles. The lowest BCUT2D eigenvalue weighted by atomic mass is 10.0. The Hall–Kier alpha value is -1.93. The number of nitrogens with zero attached hydrogens (tertiary/aromatic N) is 1. The Kier molecular flexibility index (Phi) is 44.2. The van der Waals surface area contributed by atoms with Crippen LogP contribution in [-0.4, -0.2) is 80.6 Å². The topological polar surface area (TPSA) is 99.1 Å². The lowest BCUT2D eigenvalue weighted by Gasteiger charge is -2.31. The molecule has 0 heterocycles. The van der Waals surface area contributed by atoms with Crippen LogP contribution in [0.2, 0.25) is 0 Å². The summed E-state index contributed by atoms with van der Waals surface area (Å²) in [6, 6.07) is -0.612. The predicted molar refractivity (Wildman–Crippen MR) is 262 cm³/mol. The minimum Gasteiger partial charge on any atom is -0.477 e. The van der Waals surface area contributed by atoms with Crippen LogP contribution in [-0.2, 0) is 28.6 Å². The molecule has 8 nitrogen and oxygen atoms in total. The molecule has 0 saturated carbocycles. The first kappa shape index (κ1) is 60.1. The van der Waals surface area contributed by atoms with Gasteiger partial charge in [0, 0.05) is 19.3 Å². The molecule has 0 radical (unpaired) electrons. The molecule has 0 bridgehead atoms. The van der Waals surface area contributed by atoms with Gasteiger partial charge in [0.2, 0.25) is 0 Å². The normalized spacial score (nSPS) is 12.9. The number of hydrogen-bond acceptors (Lipinski definition) is 6. The molecule has 0 rings (SSSR count). The van der Waals surface area contributed by atoms with Gasteiger partial charge in [0.15, 0.2) is 12.1 Å². The summed E-state index contributed by atoms with van der Waals surface area (Å²) in [5, 5.41) is 9.65. The average Bonchev–Trinajstić information content (AvgIpc) is 3.23. The molecule has 0 aliphatic rings. The molecular weight excluding hydrogens is 775 g/mol. The second-order valence-corrected chi connectivity index (χ2v) is 19.5. The number of ether oxygens (including phenoxy) is 3. The number of unbranched alkanes of at least 4 members (excludes halogenated alkanes) is 33. The van der Waals surface area contributed by atoms with E-state index in [9.17, 15) is 19.5 Å². The molecule has 0 aliphatic heterocycles. The molecule has 0 aromatic rings. The number of aliphatic carboxylic acids is 1. The van der Waals surface area contributed by atoms with Gasteiger partial charge in [0.25, 0.3) is 0 Å². The lowest BCUT2D eigenvalue weighted by molar-refractivity contribution is -0.887. The van der Waals surface area contributed by atoms with Gasteiger partial charge in [0.05, 0.1) is 34.4 Å². The fourth-order valence-corrected chi connectivity index (χ4v) is 8.27. The quantitative estimate of drug-likeness (QED) is 0.0281. The average molecular weight is 879 g/mol. The summed E-state index contributed by atoms with van der Waals surface area (Å²) in [4.78, 5) is 37.2. The number of rotatable bonds is 49. The van der Waals surface area contributed by atoms with Crippen LogP contribution < -0.4 is 0 Å². The van der Waals surface area contributed by atoms with Gasteiger partial charge >= 0.3 is 17.9 Å². The van der Waals surface area contributed by atoms with E-state index in [1.165, 1.54) is 180 Å². The van der Waals surface area contributed by atoms with Crippen molar-refractivity contribution in [1.29, 1.82) is 0 Å². The monoisotopic (exact) mass is 879 g/mol. The van der Waals surface area contributed by atoms with Crippen molar-refractivity contribution in [3.05, 3.63) is 12.2 Å². The smallest absolute Gasteiger partial charge is 0.362 e. The molecule has 0 amide bonds. The van der Waals surface area contributed by atoms with Crippen molar-refractivity contribution in [1.82, 2.24) is 0 Å². The van der Waals surface area contributed by atoms with E-state index in [1.54, 1.807) is 0 Å². The zero-order valence-corrected chi connectivity index (χ0v) is 41.9. The Morgan fingerprint density at radius 3 is 1.16 bits per heavy atom. The Bertz CT molecular complexity index is 1020. The maximum absolute atomic E-state index is 12.8. The summed E-state index contributed by atoms with van der Waals surface area (Å²) in [6.45, 7) is 4.78. The van der Waals surface area contributed by atoms with E-state index in [2.05, 4.69) is 26.0 Å². The van der Waals surface area contributed by atoms with Crippen molar-refractivity contribution >= 4 is 17.9 Å². The maximum atomic E-state index is 12.8. The van der Waals surface area contributed by atoms with Gasteiger partial charge in [-0.3, -0.25) is 9.59 Å². The largest absolute Gasteiger partial charge is 0.477 e. The highest BCUT2D eigenvalue weighted by Crippen LogP contribution is 2.17. The molecule has 366 valence electrons. The molecule has 2 atom stereocenters. The summed E-state index contributed by atoms with van der Waals surface area (Å²) >= 11 is 0. The summed E-state index contributed by atoms with van der Waals surface area (Å²) in [5.41, 5.74) is 0. The van der Waals surface area contributed by atoms with Gasteiger partial charge in [-0.15, -0.1) is 0 Å². The van der Waals surface area contributed by atoms with E-state index in [4.69, 9.17) is 14.2 Å². The molecule has 2 unspecified atom stereocenters. The lowest BCUT2D eigenvalue weighted by Crippen LogP contribution is -2.50. The third-order valence-electron chi connectivity index (χ3n) is 12.4. The number of carboxylic acids is 1. The van der Waals surface area contributed by atoms with Gasteiger partial charge in [-0.05, 0) is 38.5 Å². The fraction of sp³-hybridized carbons (Fsp3) is 0.907. The Labute approximate surface area is 384 Å². The Morgan fingerprint density at radius 1 is 0.468 bits per heavy atom. The highest BCUT2D eigenvalue weighted by molar-refractivity contribution is 5.72. The number of carboxylic acid groups (broad SMARTS) is 1. The van der Waals surface area contributed by atoms with E-state index in [1.807, 2.05) is 21.1 Å². The fourth-order valence-electron chi connectivity index (χ4n) is 8.27. The molecule has 0 aromatic heterocycles. The van der Waals surface area contributed by atoms with Crippen LogP contribution in [0.5, 0.6) is 0 Å². The Morgan fingerprint density at radius 2 is 0.806 bits per heavy atom. The van der Waals surface area contributed by atoms with Crippen LogP contribution in [0.25, 0.3) is 0 Å². The van der Waals surface area contributed by atoms with Crippen LogP contribution >= 0.6 is 0 Å². The molecule has 0 spiro atoms. The standard InChI is InChI=1S/C54H103NO7/c1-6-8-10-12-14-16-18-20-22-24-25-26-27-28-29-31-32-34-36-38-40-42-44-52(56)61-49-50(48-60-47-46-51(54(58)59)55(3,4)5)62-53(57)45-43-41-39-37-35-33-30-23-21-19-17-15-13-11-9-7-2/h23,30,50-51H,6-22,24-29,31-49H2,1-5H3/p+1/b30-23-. The van der Waals surface area contributed by atoms with E-state index >= 15 is 0 Å². The van der Waals surface area contributed by atoms with Crippen molar-refractivity contribution < 1.29 is 38.2 Å². The summed E-state index contributed by atoms with van der Waals surface area (Å²) in [5.74, 6) is -1.45. The number of carbonyl (C=O) groups excluding carboxylic acids is 2. The van der Waals surface area contributed by atoms with E-state index in [0.717, 1.165) is 51.4 Å². The van der Waals surface area contributed by atoms with Crippen LogP contribution in [0.15, 0.2) is 12.2 Å². The van der Waals surface area contributed by atoms with Crippen molar-refractivity contribution in [2.75, 3.05) is 41.0 Å². The van der Waals surface area contributed by atoms with Gasteiger partial charge < -0.3 is 23.8 Å². The minimum atomic E-state index is -0.872. The molecule has 62 heavy (non-hydrogen) atoms. The third kappa shape index (κ3) is 43.3. The molecule has 0 aliphatic carbocycles. The summed E-state index contributed by atoms with van der Waals surface area (Å²) in [6.07, 6.45) is 51.2. The SMILES string of the molecule is CCCCCCCCC/C=C\CCCCCCCC(=O)OC(COCCC(C(=O)O)[N+](C)(C)C)COC(=O)CCCCCCCCCCCCCCCCCCCCCCCC. The first-order valence-electron chi connectivity index (χ1n) is 26.7. The molecule has 1 N–H and O–H groups in total. The van der Waals surface area contributed by atoms with Crippen molar-refractivity contribution in [2.45, 2.75) is 276 Å². The molecule has 0 fully saturated rings. The van der Waals surface area contributed by atoms with Gasteiger partial charge in [-0.1, -0.05) is 219 Å². The van der Waals surface area contributed by atoms with Crippen molar-refractivity contribution in [3.63, 3.8) is 0 Å². The first-order chi connectivity index (χ1) is 30.1. The van der Waals surface area contributed by atoms with Crippen molar-refractivity contribution in [2.24, 2.45) is 0 Å². The van der Waals surface area contributed by atoms with Crippen LogP contribution in [0, 0.1) is 0 Å². The van der Waals surface area contributed by atoms with Crippen LogP contribution in [0.4, 0.5) is 0 Å². The number of allylic oxidation sites excluding steroid dienone is 2. The van der Waals surface area contributed by atoms with Crippen molar-refractivity contribution in [3.8, 4) is 0 Å². The number of esters is 2. The second-order valence-electron chi connectivity index (χ2n) is 19.5. The van der Waals surface area contributed by atoms with Gasteiger partial charge in [-0.2, -0.15) is 0 Å².